The second kappa shape index (κ2) is 13.7. The van der Waals surface area contributed by atoms with Crippen LogP contribution in [-0.4, -0.2) is 35.3 Å². The van der Waals surface area contributed by atoms with Crippen LogP contribution in [0.2, 0.25) is 0 Å². The van der Waals surface area contributed by atoms with E-state index in [0.717, 1.165) is 43.3 Å². The van der Waals surface area contributed by atoms with Crippen LogP contribution >= 0.6 is 11.3 Å². The molecule has 0 aliphatic carbocycles. The molecular weight excluding hydrogens is 661 g/mol. The second-order valence-corrected chi connectivity index (χ2v) is 15.4. The zero-order valence-electron chi connectivity index (χ0n) is 28.2. The molecule has 50 heavy (non-hydrogen) atoms. The van der Waals surface area contributed by atoms with Crippen molar-refractivity contribution in [1.29, 1.82) is 0 Å². The molecule has 0 unspecified atom stereocenters. The van der Waals surface area contributed by atoms with E-state index in [2.05, 4.69) is 108 Å². The Balaban J connectivity index is 1.25. The van der Waals surface area contributed by atoms with E-state index in [1.165, 1.54) is 16.9 Å². The zero-order valence-corrected chi connectivity index (χ0v) is 29.9. The first-order chi connectivity index (χ1) is 24.1. The molecule has 252 valence electrons. The molecule has 3 heterocycles. The summed E-state index contributed by atoms with van der Waals surface area (Å²) in [6.45, 7) is 4.86. The molecule has 0 spiro atoms. The maximum absolute atomic E-state index is 11.6. The molecule has 6 aromatic rings. The largest absolute Gasteiger partial charge is 0.748 e. The van der Waals surface area contributed by atoms with Crippen molar-refractivity contribution in [3.63, 3.8) is 0 Å². The van der Waals surface area contributed by atoms with Crippen LogP contribution in [0.15, 0.2) is 139 Å². The van der Waals surface area contributed by atoms with E-state index in [1.807, 2.05) is 66.8 Å². The lowest BCUT2D eigenvalue weighted by Crippen LogP contribution is -2.37. The van der Waals surface area contributed by atoms with E-state index < -0.39 is 15.9 Å². The topological polar surface area (TPSA) is 82.1 Å². The van der Waals surface area contributed by atoms with Gasteiger partial charge in [-0.25, -0.2) is 18.0 Å². The minimum absolute atomic E-state index is 0.0872. The van der Waals surface area contributed by atoms with Crippen LogP contribution in [0.3, 0.4) is 0 Å². The van der Waals surface area contributed by atoms with Gasteiger partial charge in [0, 0.05) is 41.2 Å². The van der Waals surface area contributed by atoms with Crippen LogP contribution in [0.1, 0.15) is 31.7 Å². The monoisotopic (exact) mass is 698 g/mol. The summed E-state index contributed by atoms with van der Waals surface area (Å²) in [5.74, 6) is 0.425. The molecule has 1 aliphatic rings. The van der Waals surface area contributed by atoms with Crippen molar-refractivity contribution in [2.45, 2.75) is 32.2 Å². The van der Waals surface area contributed by atoms with Crippen LogP contribution < -0.4 is 9.47 Å². The normalized spacial score (nSPS) is 15.5. The van der Waals surface area contributed by atoms with Crippen LogP contribution in [0, 0.1) is 0 Å². The van der Waals surface area contributed by atoms with Gasteiger partial charge in [0.15, 0.2) is 11.0 Å². The van der Waals surface area contributed by atoms with Crippen molar-refractivity contribution in [2.24, 2.45) is 0 Å². The molecule has 9 heteroatoms. The molecule has 2 aromatic heterocycles. The van der Waals surface area contributed by atoms with Crippen LogP contribution in [0.25, 0.3) is 43.6 Å². The lowest BCUT2D eigenvalue weighted by atomic mass is 9.84. The number of aromatic nitrogens is 3. The standard InChI is InChI=1S/C41H38N4O3S2/c1-41(2)32-19-12-14-21-34(32)43(3)38(41)23-10-5-4-6-11-24-39-44(27-16-28-50(46,47)48)36-29-30(40-42-33-20-13-15-22-37(33)49-40)25-26-35(36)45(39)31-17-8-7-9-18-31/h4-15,17-26,29H,16,27-28H2,1-3H3. The number of fused-ring (bicyclic) bond motifs is 3. The van der Waals surface area contributed by atoms with Gasteiger partial charge in [0.2, 0.25) is 0 Å². The fourth-order valence-electron chi connectivity index (χ4n) is 6.85. The lowest BCUT2D eigenvalue weighted by Gasteiger charge is -2.23. The third kappa shape index (κ3) is 6.59. The second-order valence-electron chi connectivity index (χ2n) is 12.9. The first kappa shape index (κ1) is 33.4. The number of thiazole rings is 1. The number of hydrogen-bond acceptors (Lipinski definition) is 6. The number of allylic oxidation sites excluding steroid dienone is 7. The predicted octanol–water partition coefficient (Wildman–Crippen LogP) is 8.57. The summed E-state index contributed by atoms with van der Waals surface area (Å²) in [4.78, 5) is 7.13. The molecule has 0 bridgehead atoms. The van der Waals surface area contributed by atoms with Gasteiger partial charge in [-0.3, -0.25) is 0 Å². The van der Waals surface area contributed by atoms with Gasteiger partial charge >= 0.3 is 0 Å². The molecule has 1 aliphatic heterocycles. The Kier molecular flexibility index (Phi) is 9.13. The van der Waals surface area contributed by atoms with Gasteiger partial charge in [-0.2, -0.15) is 4.57 Å². The van der Waals surface area contributed by atoms with E-state index in [9.17, 15) is 13.0 Å². The Hall–Kier alpha value is -5.09. The Morgan fingerprint density at radius 3 is 2.38 bits per heavy atom. The van der Waals surface area contributed by atoms with Crippen molar-refractivity contribution in [1.82, 2.24) is 9.55 Å². The first-order valence-corrected chi connectivity index (χ1v) is 19.0. The van der Waals surface area contributed by atoms with Crippen molar-refractivity contribution >= 4 is 54.5 Å². The predicted molar refractivity (Wildman–Crippen MR) is 205 cm³/mol. The number of anilines is 1. The van der Waals surface area contributed by atoms with E-state index >= 15 is 0 Å². The Morgan fingerprint density at radius 2 is 1.60 bits per heavy atom. The molecule has 0 saturated heterocycles. The smallest absolute Gasteiger partial charge is 0.287 e. The zero-order chi connectivity index (χ0) is 34.9. The minimum atomic E-state index is -4.36. The minimum Gasteiger partial charge on any atom is -0.748 e. The number of imidazole rings is 1. The average molecular weight is 699 g/mol. The van der Waals surface area contributed by atoms with Crippen molar-refractivity contribution in [3.8, 4) is 16.3 Å². The van der Waals surface area contributed by atoms with Crippen LogP contribution in [0.4, 0.5) is 5.69 Å². The van der Waals surface area contributed by atoms with E-state index in [1.54, 1.807) is 11.3 Å². The maximum atomic E-state index is 11.6. The average Bonchev–Trinajstić information content (AvgIpc) is 3.73. The number of aryl methyl sites for hydroxylation is 1. The highest BCUT2D eigenvalue weighted by Gasteiger charge is 2.37. The fourth-order valence-corrected chi connectivity index (χ4v) is 8.30. The summed E-state index contributed by atoms with van der Waals surface area (Å²) in [5, 5.41) is 0.909. The number of benzene rings is 4. The van der Waals surface area contributed by atoms with Gasteiger partial charge in [0.1, 0.15) is 10.7 Å². The summed E-state index contributed by atoms with van der Waals surface area (Å²) in [6, 6.07) is 33.0. The molecule has 0 fully saturated rings. The Labute approximate surface area is 297 Å². The molecule has 4 aromatic carbocycles. The molecule has 0 N–H and O–H groups in total. The number of para-hydroxylation sites is 3. The van der Waals surface area contributed by atoms with Gasteiger partial charge in [-0.15, -0.1) is 11.3 Å². The van der Waals surface area contributed by atoms with Gasteiger partial charge in [0.05, 0.1) is 26.9 Å². The van der Waals surface area contributed by atoms with Crippen molar-refractivity contribution < 1.29 is 17.5 Å². The highest BCUT2D eigenvalue weighted by atomic mass is 32.2. The van der Waals surface area contributed by atoms with Gasteiger partial charge in [0.25, 0.3) is 5.82 Å². The van der Waals surface area contributed by atoms with Gasteiger partial charge < -0.3 is 9.45 Å². The Bertz CT molecular complexity index is 2400. The van der Waals surface area contributed by atoms with E-state index in [0.29, 0.717) is 6.54 Å². The van der Waals surface area contributed by atoms with Crippen molar-refractivity contribution in [2.75, 3.05) is 17.7 Å². The third-order valence-corrected chi connectivity index (χ3v) is 11.1. The Morgan fingerprint density at radius 1 is 0.880 bits per heavy atom. The fraction of sp³-hybridized carbons (Fsp3) is 0.171. The molecule has 7 rings (SSSR count). The molecule has 0 saturated carbocycles. The van der Waals surface area contributed by atoms with Crippen LogP contribution in [-0.2, 0) is 22.1 Å². The maximum Gasteiger partial charge on any atom is 0.287 e. The van der Waals surface area contributed by atoms with Gasteiger partial charge in [-0.1, -0.05) is 92.8 Å². The molecular formula is C41H38N4O3S2. The van der Waals surface area contributed by atoms with E-state index in [4.69, 9.17) is 4.98 Å². The third-order valence-electron chi connectivity index (χ3n) is 9.23. The summed E-state index contributed by atoms with van der Waals surface area (Å²) < 4.78 is 40.2. The number of likely N-dealkylation sites (N-methyl/N-ethyl adjacent to an activating group) is 1. The molecule has 0 radical (unpaired) electrons. The lowest BCUT2D eigenvalue weighted by molar-refractivity contribution is -0.673. The molecule has 7 nitrogen and oxygen atoms in total. The molecule has 0 amide bonds. The summed E-state index contributed by atoms with van der Waals surface area (Å²) in [5.41, 5.74) is 8.49. The highest BCUT2D eigenvalue weighted by Crippen LogP contribution is 2.46. The number of nitrogens with zero attached hydrogens (tertiary/aromatic N) is 4. The summed E-state index contributed by atoms with van der Waals surface area (Å²) >= 11 is 1.64. The summed E-state index contributed by atoms with van der Waals surface area (Å²) in [6.07, 6.45) is 14.5. The number of hydrogen-bond donors (Lipinski definition) is 0. The number of rotatable bonds is 10. The summed E-state index contributed by atoms with van der Waals surface area (Å²) in [7, 11) is -2.24. The quantitative estimate of drug-likeness (QED) is 0.0814. The molecule has 0 atom stereocenters. The highest BCUT2D eigenvalue weighted by molar-refractivity contribution is 7.85. The SMILES string of the molecule is CN1\C(=C/C=C/C=C/C=C/c2n(-c3ccccc3)c3ccc(-c4nc5ccccc5s4)cc3[n+]2CCCS(=O)(=O)[O-])C(C)(C)c2ccccc21. The first-order valence-electron chi connectivity index (χ1n) is 16.6. The van der Waals surface area contributed by atoms with Crippen molar-refractivity contribution in [3.05, 3.63) is 151 Å². The van der Waals surface area contributed by atoms with E-state index in [-0.39, 0.29) is 11.8 Å². The van der Waals surface area contributed by atoms with Crippen LogP contribution in [0.5, 0.6) is 0 Å². The van der Waals surface area contributed by atoms with Gasteiger partial charge in [-0.05, 0) is 66.6 Å².